The number of guanidine groups is 1. The van der Waals surface area contributed by atoms with Crippen LogP contribution >= 0.6 is 0 Å². The monoisotopic (exact) mass is 367 g/mol. The van der Waals surface area contributed by atoms with E-state index in [0.717, 1.165) is 25.0 Å². The van der Waals surface area contributed by atoms with Crippen molar-refractivity contribution in [2.24, 2.45) is 12.0 Å². The molecule has 0 aliphatic rings. The van der Waals surface area contributed by atoms with Crippen molar-refractivity contribution in [3.8, 4) is 0 Å². The van der Waals surface area contributed by atoms with Crippen LogP contribution in [0.25, 0.3) is 0 Å². The van der Waals surface area contributed by atoms with Crippen LogP contribution in [0.4, 0.5) is 13.2 Å². The van der Waals surface area contributed by atoms with Crippen LogP contribution in [0, 0.1) is 0 Å². The number of aliphatic imine (C=N–C) groups is 1. The van der Waals surface area contributed by atoms with Crippen molar-refractivity contribution in [3.63, 3.8) is 0 Å². The predicted molar refractivity (Wildman–Crippen MR) is 95.8 cm³/mol. The van der Waals surface area contributed by atoms with E-state index in [1.807, 2.05) is 26.4 Å². The van der Waals surface area contributed by atoms with E-state index in [-0.39, 0.29) is 6.54 Å². The first-order chi connectivity index (χ1) is 12.4. The summed E-state index contributed by atoms with van der Waals surface area (Å²) in [4.78, 5) is 4.37. The third kappa shape index (κ3) is 6.42. The molecule has 0 saturated carbocycles. The number of rotatable bonds is 7. The number of alkyl halides is 3. The van der Waals surface area contributed by atoms with Gasteiger partial charge in [0.15, 0.2) is 5.96 Å². The summed E-state index contributed by atoms with van der Waals surface area (Å²) in [6, 6.07) is 5.25. The highest BCUT2D eigenvalue weighted by molar-refractivity contribution is 5.79. The molecule has 1 aromatic carbocycles. The van der Waals surface area contributed by atoms with E-state index in [2.05, 4.69) is 20.7 Å². The number of benzene rings is 1. The smallest absolute Gasteiger partial charge is 0.357 e. The average molecular weight is 367 g/mol. The number of aromatic nitrogens is 2. The van der Waals surface area contributed by atoms with Crippen molar-refractivity contribution in [2.45, 2.75) is 32.5 Å². The van der Waals surface area contributed by atoms with Crippen molar-refractivity contribution < 1.29 is 13.2 Å². The summed E-state index contributed by atoms with van der Waals surface area (Å²) >= 11 is 0. The number of halogens is 3. The zero-order valence-corrected chi connectivity index (χ0v) is 15.0. The van der Waals surface area contributed by atoms with Gasteiger partial charge in [0.05, 0.1) is 18.3 Å². The summed E-state index contributed by atoms with van der Waals surface area (Å²) in [5.74, 6) is 0.594. The Morgan fingerprint density at radius 1 is 1.23 bits per heavy atom. The lowest BCUT2D eigenvalue weighted by Gasteiger charge is -2.12. The summed E-state index contributed by atoms with van der Waals surface area (Å²) in [5, 5.41) is 10.4. The second-order valence-corrected chi connectivity index (χ2v) is 5.95. The molecule has 0 unspecified atom stereocenters. The molecule has 0 radical (unpaired) electrons. The Balaban J connectivity index is 1.87. The molecule has 0 amide bonds. The van der Waals surface area contributed by atoms with Crippen molar-refractivity contribution in [1.82, 2.24) is 20.4 Å². The van der Waals surface area contributed by atoms with Gasteiger partial charge >= 0.3 is 6.18 Å². The molecule has 1 heterocycles. The molecule has 8 heteroatoms. The van der Waals surface area contributed by atoms with Gasteiger partial charge in [-0.3, -0.25) is 4.68 Å². The Kier molecular flexibility index (Phi) is 7.06. The summed E-state index contributed by atoms with van der Waals surface area (Å²) in [6.07, 6.45) is 1.28. The third-order valence-electron chi connectivity index (χ3n) is 3.71. The molecule has 0 spiro atoms. The number of hydrogen-bond acceptors (Lipinski definition) is 2. The highest BCUT2D eigenvalue weighted by atomic mass is 19.4. The number of aryl methyl sites for hydroxylation is 2. The zero-order valence-electron chi connectivity index (χ0n) is 15.0. The lowest BCUT2D eigenvalue weighted by molar-refractivity contribution is -0.137. The quantitative estimate of drug-likeness (QED) is 0.449. The van der Waals surface area contributed by atoms with Crippen LogP contribution in [0.15, 0.2) is 41.7 Å². The molecule has 142 valence electrons. The molecule has 0 aliphatic carbocycles. The maximum Gasteiger partial charge on any atom is 0.416 e. The minimum absolute atomic E-state index is 0.182. The van der Waals surface area contributed by atoms with Gasteiger partial charge in [0, 0.05) is 26.3 Å². The third-order valence-corrected chi connectivity index (χ3v) is 3.71. The Morgan fingerprint density at radius 3 is 2.69 bits per heavy atom. The van der Waals surface area contributed by atoms with Crippen LogP contribution in [-0.4, -0.2) is 28.8 Å². The van der Waals surface area contributed by atoms with Crippen LogP contribution in [0.3, 0.4) is 0 Å². The van der Waals surface area contributed by atoms with Gasteiger partial charge in [-0.15, -0.1) is 0 Å². The van der Waals surface area contributed by atoms with Gasteiger partial charge in [0.2, 0.25) is 0 Å². The number of nitrogens with one attached hydrogen (secondary N) is 2. The second kappa shape index (κ2) is 9.26. The molecule has 0 bridgehead atoms. The minimum atomic E-state index is -4.34. The Morgan fingerprint density at radius 2 is 2.04 bits per heavy atom. The lowest BCUT2D eigenvalue weighted by Crippen LogP contribution is -2.37. The normalized spacial score (nSPS) is 12.3. The summed E-state index contributed by atoms with van der Waals surface area (Å²) in [5.41, 5.74) is 1.03. The van der Waals surface area contributed by atoms with Gasteiger partial charge < -0.3 is 10.6 Å². The lowest BCUT2D eigenvalue weighted by atomic mass is 10.1. The molecular weight excluding hydrogens is 343 g/mol. The van der Waals surface area contributed by atoms with Crippen molar-refractivity contribution in [2.75, 3.05) is 13.1 Å². The molecule has 0 fully saturated rings. The zero-order chi connectivity index (χ0) is 19.0. The van der Waals surface area contributed by atoms with Gasteiger partial charge in [0.25, 0.3) is 0 Å². The van der Waals surface area contributed by atoms with Crippen molar-refractivity contribution in [1.29, 1.82) is 0 Å². The van der Waals surface area contributed by atoms with Crippen LogP contribution in [-0.2, 0) is 26.2 Å². The van der Waals surface area contributed by atoms with Gasteiger partial charge in [0.1, 0.15) is 0 Å². The summed E-state index contributed by atoms with van der Waals surface area (Å²) < 4.78 is 40.1. The molecule has 0 atom stereocenters. The van der Waals surface area contributed by atoms with Gasteiger partial charge in [-0.25, -0.2) is 4.99 Å². The molecular formula is C18H24F3N5. The molecule has 2 aromatic rings. The van der Waals surface area contributed by atoms with Crippen LogP contribution in [0.2, 0.25) is 0 Å². The van der Waals surface area contributed by atoms with E-state index >= 15 is 0 Å². The van der Waals surface area contributed by atoms with E-state index < -0.39 is 11.7 Å². The van der Waals surface area contributed by atoms with Gasteiger partial charge in [-0.05, 0) is 43.0 Å². The molecule has 1 aromatic heterocycles. The average Bonchev–Trinajstić information content (AvgIpc) is 3.01. The Hall–Kier alpha value is -2.51. The maximum atomic E-state index is 12.8. The van der Waals surface area contributed by atoms with Crippen LogP contribution in [0.1, 0.15) is 30.0 Å². The topological polar surface area (TPSA) is 54.2 Å². The highest BCUT2D eigenvalue weighted by Crippen LogP contribution is 2.29. The number of hydrogen-bond donors (Lipinski definition) is 2. The van der Waals surface area contributed by atoms with E-state index in [9.17, 15) is 13.2 Å². The van der Waals surface area contributed by atoms with E-state index in [1.54, 1.807) is 10.7 Å². The largest absolute Gasteiger partial charge is 0.416 e. The number of nitrogens with zero attached hydrogens (tertiary/aromatic N) is 3. The van der Waals surface area contributed by atoms with Crippen LogP contribution < -0.4 is 10.6 Å². The standard InChI is InChI=1S/C18H24F3N5/c1-3-22-17(23-9-5-7-15-12-25-26(2)13-15)24-11-14-6-4-8-16(10-14)18(19,20)21/h4,6,8,10,12-13H,3,5,7,9,11H2,1-2H3,(H2,22,23,24). The molecule has 2 rings (SSSR count). The Bertz CT molecular complexity index is 722. The van der Waals surface area contributed by atoms with E-state index in [1.165, 1.54) is 11.6 Å². The fourth-order valence-corrected chi connectivity index (χ4v) is 2.46. The predicted octanol–water partition coefficient (Wildman–Crippen LogP) is 3.13. The molecule has 5 nitrogen and oxygen atoms in total. The SMILES string of the molecule is CCNC(=NCc1cccc(C(F)(F)F)c1)NCCCc1cnn(C)c1. The maximum absolute atomic E-state index is 12.8. The molecule has 0 saturated heterocycles. The Labute approximate surface area is 151 Å². The van der Waals surface area contributed by atoms with Gasteiger partial charge in [-0.2, -0.15) is 18.3 Å². The van der Waals surface area contributed by atoms with E-state index in [4.69, 9.17) is 0 Å². The highest BCUT2D eigenvalue weighted by Gasteiger charge is 2.30. The minimum Gasteiger partial charge on any atom is -0.357 e. The molecule has 2 N–H and O–H groups in total. The van der Waals surface area contributed by atoms with Gasteiger partial charge in [-0.1, -0.05) is 12.1 Å². The molecule has 0 aliphatic heterocycles. The fraction of sp³-hybridized carbons (Fsp3) is 0.444. The molecule has 26 heavy (non-hydrogen) atoms. The van der Waals surface area contributed by atoms with E-state index in [0.29, 0.717) is 24.6 Å². The first kappa shape index (κ1) is 19.8. The first-order valence-corrected chi connectivity index (χ1v) is 8.54. The second-order valence-electron chi connectivity index (χ2n) is 5.95. The van der Waals surface area contributed by atoms with Crippen molar-refractivity contribution >= 4 is 5.96 Å². The van der Waals surface area contributed by atoms with Crippen molar-refractivity contribution in [3.05, 3.63) is 53.3 Å². The van der Waals surface area contributed by atoms with Crippen LogP contribution in [0.5, 0.6) is 0 Å². The first-order valence-electron chi connectivity index (χ1n) is 8.54. The summed E-state index contributed by atoms with van der Waals surface area (Å²) in [6.45, 7) is 3.51. The fourth-order valence-electron chi connectivity index (χ4n) is 2.46. The summed E-state index contributed by atoms with van der Waals surface area (Å²) in [7, 11) is 1.88.